The lowest BCUT2D eigenvalue weighted by Gasteiger charge is -2.23. The van der Waals surface area contributed by atoms with Crippen LogP contribution in [0.25, 0.3) is 0 Å². The van der Waals surface area contributed by atoms with Crippen LogP contribution in [0.5, 0.6) is 0 Å². The van der Waals surface area contributed by atoms with Gasteiger partial charge in [-0.05, 0) is 19.4 Å². The number of Topliss-reactive ketones (excluding diaryl/α,β-unsaturated/α-hetero) is 1. The van der Waals surface area contributed by atoms with Gasteiger partial charge in [0.1, 0.15) is 5.78 Å². The van der Waals surface area contributed by atoms with Crippen LogP contribution in [0.15, 0.2) is 18.2 Å². The van der Waals surface area contributed by atoms with Gasteiger partial charge in [0.15, 0.2) is 9.84 Å². The molecule has 0 amide bonds. The van der Waals surface area contributed by atoms with Crippen LogP contribution < -0.4 is 5.32 Å². The Bertz CT molecular complexity index is 587. The van der Waals surface area contributed by atoms with Gasteiger partial charge in [-0.15, -0.1) is 0 Å². The molecule has 2 rings (SSSR count). The highest BCUT2D eigenvalue weighted by Crippen LogP contribution is 2.12. The van der Waals surface area contributed by atoms with E-state index in [-0.39, 0.29) is 29.8 Å². The average Bonchev–Trinajstić information content (AvgIpc) is 2.25. The molecule has 1 aromatic carbocycles. The number of rotatable bonds is 4. The summed E-state index contributed by atoms with van der Waals surface area (Å²) < 4.78 is 23.1. The molecule has 5 heteroatoms. The van der Waals surface area contributed by atoms with Gasteiger partial charge in [0.05, 0.1) is 11.5 Å². The van der Waals surface area contributed by atoms with Crippen LogP contribution in [0.3, 0.4) is 0 Å². The Hall–Kier alpha value is -1.20. The van der Waals surface area contributed by atoms with Crippen molar-refractivity contribution < 1.29 is 13.2 Å². The molecule has 1 aromatic rings. The highest BCUT2D eigenvalue weighted by atomic mass is 32.2. The fourth-order valence-corrected chi connectivity index (χ4v) is 4.19. The van der Waals surface area contributed by atoms with Gasteiger partial charge in [0, 0.05) is 25.4 Å². The van der Waals surface area contributed by atoms with Crippen molar-refractivity contribution in [2.24, 2.45) is 0 Å². The predicted molar refractivity (Wildman–Crippen MR) is 79.7 cm³/mol. The first-order valence-corrected chi connectivity index (χ1v) is 8.69. The first-order valence-electron chi connectivity index (χ1n) is 6.87. The summed E-state index contributed by atoms with van der Waals surface area (Å²) in [5.41, 5.74) is 3.29. The number of nitrogens with one attached hydrogen (secondary N) is 1. The van der Waals surface area contributed by atoms with E-state index in [9.17, 15) is 13.2 Å². The zero-order chi connectivity index (χ0) is 14.8. The van der Waals surface area contributed by atoms with Gasteiger partial charge in [0.2, 0.25) is 0 Å². The fraction of sp³-hybridized carbons (Fsp3) is 0.533. The van der Waals surface area contributed by atoms with Crippen LogP contribution in [-0.2, 0) is 21.1 Å². The minimum absolute atomic E-state index is 0.0750. The van der Waals surface area contributed by atoms with E-state index >= 15 is 0 Å². The highest BCUT2D eigenvalue weighted by molar-refractivity contribution is 7.91. The van der Waals surface area contributed by atoms with Gasteiger partial charge in [0.25, 0.3) is 0 Å². The van der Waals surface area contributed by atoms with E-state index in [0.717, 1.165) is 16.7 Å². The van der Waals surface area contributed by atoms with Gasteiger partial charge < -0.3 is 5.32 Å². The van der Waals surface area contributed by atoms with Crippen LogP contribution in [-0.4, -0.2) is 38.3 Å². The molecular formula is C15H21NO3S. The summed E-state index contributed by atoms with van der Waals surface area (Å²) in [5.74, 6) is 0.338. The highest BCUT2D eigenvalue weighted by Gasteiger charge is 2.25. The normalized spacial score (nSPS) is 21.6. The Morgan fingerprint density at radius 1 is 1.25 bits per heavy atom. The summed E-state index contributed by atoms with van der Waals surface area (Å²) in [4.78, 5) is 12.1. The summed E-state index contributed by atoms with van der Waals surface area (Å²) in [7, 11) is -2.98. The molecule has 1 fully saturated rings. The van der Waals surface area contributed by atoms with Crippen molar-refractivity contribution in [3.05, 3.63) is 34.9 Å². The molecule has 0 saturated carbocycles. The Balaban J connectivity index is 1.95. The van der Waals surface area contributed by atoms with E-state index in [1.807, 2.05) is 26.0 Å². The molecule has 1 saturated heterocycles. The fourth-order valence-electron chi connectivity index (χ4n) is 2.74. The van der Waals surface area contributed by atoms with Gasteiger partial charge >= 0.3 is 0 Å². The number of carbonyl (C=O) groups is 1. The molecule has 0 aliphatic carbocycles. The van der Waals surface area contributed by atoms with E-state index in [2.05, 4.69) is 11.4 Å². The third kappa shape index (κ3) is 4.42. The molecule has 110 valence electrons. The molecular weight excluding hydrogens is 274 g/mol. The molecule has 0 aromatic heterocycles. The lowest BCUT2D eigenvalue weighted by atomic mass is 10.0. The summed E-state index contributed by atoms with van der Waals surface area (Å²) in [5, 5.41) is 3.11. The van der Waals surface area contributed by atoms with Crippen molar-refractivity contribution in [3.63, 3.8) is 0 Å². The molecule has 1 N–H and O–H groups in total. The average molecular weight is 295 g/mol. The number of benzene rings is 1. The first-order chi connectivity index (χ1) is 9.34. The smallest absolute Gasteiger partial charge is 0.153 e. The zero-order valence-corrected chi connectivity index (χ0v) is 12.8. The topological polar surface area (TPSA) is 63.2 Å². The summed E-state index contributed by atoms with van der Waals surface area (Å²) in [6.07, 6.45) is 0.660. The third-order valence-electron chi connectivity index (χ3n) is 3.46. The minimum Gasteiger partial charge on any atom is -0.312 e. The molecule has 4 nitrogen and oxygen atoms in total. The van der Waals surface area contributed by atoms with Crippen LogP contribution in [0.4, 0.5) is 0 Å². The summed E-state index contributed by atoms with van der Waals surface area (Å²) in [6, 6.07) is 5.86. The van der Waals surface area contributed by atoms with E-state index in [4.69, 9.17) is 0 Å². The lowest BCUT2D eigenvalue weighted by Crippen LogP contribution is -2.46. The van der Waals surface area contributed by atoms with Gasteiger partial charge in [-0.3, -0.25) is 4.79 Å². The minimum atomic E-state index is -2.98. The van der Waals surface area contributed by atoms with Crippen molar-refractivity contribution in [2.75, 3.05) is 18.1 Å². The molecule has 0 spiro atoms. The Kier molecular flexibility index (Phi) is 4.60. The second-order valence-corrected chi connectivity index (χ2v) is 7.91. The van der Waals surface area contributed by atoms with E-state index < -0.39 is 9.84 Å². The van der Waals surface area contributed by atoms with Crippen LogP contribution >= 0.6 is 0 Å². The number of hydrogen-bond acceptors (Lipinski definition) is 4. The number of ketones is 1. The molecule has 0 bridgehead atoms. The van der Waals surface area contributed by atoms with E-state index in [1.54, 1.807) is 0 Å². The standard InChI is InChI=1S/C15H21NO3S/c1-11-5-12(2)7-13(6-11)8-15(17)9-14-10-20(18,19)4-3-16-14/h5-7,14,16H,3-4,8-10H2,1-2H3. The van der Waals surface area contributed by atoms with Crippen LogP contribution in [0.1, 0.15) is 23.1 Å². The quantitative estimate of drug-likeness (QED) is 0.906. The maximum Gasteiger partial charge on any atom is 0.153 e. The van der Waals surface area contributed by atoms with Crippen LogP contribution in [0.2, 0.25) is 0 Å². The predicted octanol–water partition coefficient (Wildman–Crippen LogP) is 1.19. The molecule has 1 aliphatic rings. The zero-order valence-electron chi connectivity index (χ0n) is 12.0. The molecule has 20 heavy (non-hydrogen) atoms. The molecule has 1 aliphatic heterocycles. The van der Waals surface area contributed by atoms with Crippen molar-refractivity contribution >= 4 is 15.6 Å². The SMILES string of the molecule is Cc1cc(C)cc(CC(=O)CC2CS(=O)(=O)CCN2)c1. The second-order valence-electron chi connectivity index (χ2n) is 5.68. The monoisotopic (exact) mass is 295 g/mol. The van der Waals surface area contributed by atoms with Crippen molar-refractivity contribution in [2.45, 2.75) is 32.7 Å². The second kappa shape index (κ2) is 6.06. The van der Waals surface area contributed by atoms with Gasteiger partial charge in [-0.1, -0.05) is 29.3 Å². The Morgan fingerprint density at radius 3 is 2.50 bits per heavy atom. The summed E-state index contributed by atoms with van der Waals surface area (Å²) >= 11 is 0. The van der Waals surface area contributed by atoms with Crippen molar-refractivity contribution in [3.8, 4) is 0 Å². The van der Waals surface area contributed by atoms with Crippen molar-refractivity contribution in [1.82, 2.24) is 5.32 Å². The lowest BCUT2D eigenvalue weighted by molar-refractivity contribution is -0.118. The number of carbonyl (C=O) groups excluding carboxylic acids is 1. The summed E-state index contributed by atoms with van der Waals surface area (Å²) in [6.45, 7) is 4.47. The van der Waals surface area contributed by atoms with Gasteiger partial charge in [-0.25, -0.2) is 8.42 Å². The maximum atomic E-state index is 12.1. The first kappa shape index (κ1) is 15.2. The molecule has 1 atom stereocenters. The van der Waals surface area contributed by atoms with E-state index in [0.29, 0.717) is 13.0 Å². The molecule has 0 radical (unpaired) electrons. The van der Waals surface area contributed by atoms with Gasteiger partial charge in [-0.2, -0.15) is 0 Å². The number of hydrogen-bond donors (Lipinski definition) is 1. The molecule has 1 unspecified atom stereocenters. The molecule has 1 heterocycles. The third-order valence-corrected chi connectivity index (χ3v) is 5.19. The Morgan fingerprint density at radius 2 is 1.90 bits per heavy atom. The number of sulfone groups is 1. The Labute approximate surface area is 120 Å². The van der Waals surface area contributed by atoms with E-state index in [1.165, 1.54) is 0 Å². The van der Waals surface area contributed by atoms with Crippen molar-refractivity contribution in [1.29, 1.82) is 0 Å². The van der Waals surface area contributed by atoms with Crippen LogP contribution in [0, 0.1) is 13.8 Å². The number of aryl methyl sites for hydroxylation is 2. The maximum absolute atomic E-state index is 12.1. The largest absolute Gasteiger partial charge is 0.312 e.